The molecule has 4 amide bonds. The quantitative estimate of drug-likeness (QED) is 0.136. The summed E-state index contributed by atoms with van der Waals surface area (Å²) in [6, 6.07) is 1.48. The maximum absolute atomic E-state index is 13.2. The zero-order valence-corrected chi connectivity index (χ0v) is 21.6. The lowest BCUT2D eigenvalue weighted by Crippen LogP contribution is -2.58. The van der Waals surface area contributed by atoms with Crippen molar-refractivity contribution in [2.45, 2.75) is 63.7 Å². The Morgan fingerprint density at radius 2 is 1.49 bits per heavy atom. The van der Waals surface area contributed by atoms with Crippen LogP contribution in [-0.4, -0.2) is 74.9 Å². The zero-order valence-electron chi connectivity index (χ0n) is 21.6. The molecule has 5 unspecified atom stereocenters. The smallest absolute Gasteiger partial charge is 0.326 e. The molecule has 0 fully saturated rings. The average Bonchev–Trinajstić information content (AvgIpc) is 3.28. The third-order valence-corrected chi connectivity index (χ3v) is 6.32. The molecular weight excluding hydrogens is 512 g/mol. The van der Waals surface area contributed by atoms with E-state index in [9.17, 15) is 33.9 Å². The standard InChI is InChI=1S/C25H34N6O8/c1-3-12(2)21(27)24(37)30-17(9-19(26)32)23(36)29-16(22(35)31-18(25(38)39)10-20(33)34)8-13-11-28-15-7-5-4-6-14(13)15/h4-7,11-12,16-18,21,28H,3,8-10,27H2,1-2H3,(H2,26,32)(H,29,36)(H,30,37)(H,31,35)(H,33,34)(H,38,39). The van der Waals surface area contributed by atoms with Crippen LogP contribution in [0.5, 0.6) is 0 Å². The second-order valence-corrected chi connectivity index (χ2v) is 9.26. The van der Waals surface area contributed by atoms with Crippen LogP contribution in [0.3, 0.4) is 0 Å². The van der Waals surface area contributed by atoms with Gasteiger partial charge in [-0.2, -0.15) is 0 Å². The van der Waals surface area contributed by atoms with E-state index < -0.39 is 72.6 Å². The van der Waals surface area contributed by atoms with Crippen molar-refractivity contribution in [3.8, 4) is 0 Å². The second-order valence-electron chi connectivity index (χ2n) is 9.26. The van der Waals surface area contributed by atoms with Crippen LogP contribution in [0.2, 0.25) is 0 Å². The third-order valence-electron chi connectivity index (χ3n) is 6.32. The van der Waals surface area contributed by atoms with Gasteiger partial charge in [-0.05, 0) is 17.5 Å². The van der Waals surface area contributed by atoms with Crippen LogP contribution < -0.4 is 27.4 Å². The van der Waals surface area contributed by atoms with Gasteiger partial charge in [0.25, 0.3) is 0 Å². The number of nitrogens with one attached hydrogen (secondary N) is 4. The molecule has 0 spiro atoms. The number of carbonyl (C=O) groups excluding carboxylic acids is 4. The van der Waals surface area contributed by atoms with Crippen molar-refractivity contribution < 1.29 is 39.0 Å². The minimum atomic E-state index is -1.77. The number of aromatic nitrogens is 1. The van der Waals surface area contributed by atoms with E-state index in [-0.39, 0.29) is 12.3 Å². The van der Waals surface area contributed by atoms with E-state index in [0.717, 1.165) is 10.9 Å². The first-order valence-corrected chi connectivity index (χ1v) is 12.3. The lowest BCUT2D eigenvalue weighted by Gasteiger charge is -2.25. The van der Waals surface area contributed by atoms with Crippen molar-refractivity contribution >= 4 is 46.5 Å². The third kappa shape index (κ3) is 8.81. The molecular formula is C25H34N6O8. The minimum Gasteiger partial charge on any atom is -0.481 e. The Hall–Kier alpha value is -4.46. The molecule has 212 valence electrons. The Balaban J connectivity index is 2.35. The number of amides is 4. The number of aliphatic carboxylic acids is 2. The van der Waals surface area contributed by atoms with E-state index in [0.29, 0.717) is 12.0 Å². The van der Waals surface area contributed by atoms with Crippen LogP contribution in [0.1, 0.15) is 38.7 Å². The van der Waals surface area contributed by atoms with E-state index in [1.54, 1.807) is 37.4 Å². The highest BCUT2D eigenvalue weighted by atomic mass is 16.4. The highest BCUT2D eigenvalue weighted by Crippen LogP contribution is 2.19. The Labute approximate surface area is 223 Å². The predicted molar refractivity (Wildman–Crippen MR) is 139 cm³/mol. The minimum absolute atomic E-state index is 0.134. The molecule has 1 aromatic carbocycles. The van der Waals surface area contributed by atoms with E-state index in [1.807, 2.05) is 6.92 Å². The first-order chi connectivity index (χ1) is 18.3. The van der Waals surface area contributed by atoms with E-state index in [4.69, 9.17) is 16.6 Å². The number of carboxylic acids is 2. The highest BCUT2D eigenvalue weighted by molar-refractivity contribution is 5.97. The van der Waals surface area contributed by atoms with Crippen LogP contribution in [-0.2, 0) is 35.2 Å². The number of benzene rings is 1. The van der Waals surface area contributed by atoms with E-state index >= 15 is 0 Å². The first-order valence-electron chi connectivity index (χ1n) is 12.3. The van der Waals surface area contributed by atoms with Gasteiger partial charge in [-0.1, -0.05) is 38.5 Å². The molecule has 1 heterocycles. The number of rotatable bonds is 15. The predicted octanol–water partition coefficient (Wildman–Crippen LogP) is -1.03. The summed E-state index contributed by atoms with van der Waals surface area (Å²) in [4.78, 5) is 76.3. The molecule has 1 aromatic heterocycles. The summed E-state index contributed by atoms with van der Waals surface area (Å²) in [5, 5.41) is 26.1. The van der Waals surface area contributed by atoms with Gasteiger partial charge in [-0.25, -0.2) is 4.79 Å². The number of para-hydroxylation sites is 1. The summed E-state index contributed by atoms with van der Waals surface area (Å²) in [5.74, 6) is -6.80. The van der Waals surface area contributed by atoms with Gasteiger partial charge in [0.05, 0.1) is 18.9 Å². The lowest BCUT2D eigenvalue weighted by atomic mass is 9.98. The number of fused-ring (bicyclic) bond motifs is 1. The number of hydrogen-bond acceptors (Lipinski definition) is 7. The summed E-state index contributed by atoms with van der Waals surface area (Å²) in [5.41, 5.74) is 12.5. The maximum Gasteiger partial charge on any atom is 0.326 e. The molecule has 0 aliphatic heterocycles. The Morgan fingerprint density at radius 1 is 0.897 bits per heavy atom. The Morgan fingerprint density at radius 3 is 2.08 bits per heavy atom. The van der Waals surface area contributed by atoms with Gasteiger partial charge in [0.2, 0.25) is 23.6 Å². The number of hydrogen-bond donors (Lipinski definition) is 8. The van der Waals surface area contributed by atoms with Crippen molar-refractivity contribution in [2.75, 3.05) is 0 Å². The summed E-state index contributed by atoms with van der Waals surface area (Å²) < 4.78 is 0. The van der Waals surface area contributed by atoms with Gasteiger partial charge in [-0.3, -0.25) is 24.0 Å². The molecule has 39 heavy (non-hydrogen) atoms. The Kier molecular flexibility index (Phi) is 11.0. The number of primary amides is 1. The lowest BCUT2D eigenvalue weighted by molar-refractivity contribution is -0.147. The number of carbonyl (C=O) groups is 6. The van der Waals surface area contributed by atoms with Crippen molar-refractivity contribution in [1.29, 1.82) is 0 Å². The topological polar surface area (TPSA) is 247 Å². The summed E-state index contributed by atoms with van der Waals surface area (Å²) in [6.45, 7) is 3.57. The van der Waals surface area contributed by atoms with Gasteiger partial charge in [0.1, 0.15) is 18.1 Å². The molecule has 14 heteroatoms. The second kappa shape index (κ2) is 13.9. The molecule has 0 radical (unpaired) electrons. The molecule has 0 saturated heterocycles. The zero-order chi connectivity index (χ0) is 29.3. The number of nitrogens with two attached hydrogens (primary N) is 2. The van der Waals surface area contributed by atoms with Crippen molar-refractivity contribution in [1.82, 2.24) is 20.9 Å². The molecule has 0 aliphatic carbocycles. The van der Waals surface area contributed by atoms with Gasteiger partial charge < -0.3 is 42.6 Å². The highest BCUT2D eigenvalue weighted by Gasteiger charge is 2.33. The fourth-order valence-corrected chi connectivity index (χ4v) is 3.84. The Bertz CT molecular complexity index is 1230. The van der Waals surface area contributed by atoms with Gasteiger partial charge in [-0.15, -0.1) is 0 Å². The van der Waals surface area contributed by atoms with Crippen LogP contribution in [0.4, 0.5) is 0 Å². The van der Waals surface area contributed by atoms with Crippen LogP contribution in [0.15, 0.2) is 30.5 Å². The van der Waals surface area contributed by atoms with E-state index in [2.05, 4.69) is 20.9 Å². The number of H-pyrrole nitrogens is 1. The molecule has 2 aromatic rings. The van der Waals surface area contributed by atoms with Gasteiger partial charge in [0, 0.05) is 23.5 Å². The molecule has 10 N–H and O–H groups in total. The molecule has 5 atom stereocenters. The van der Waals surface area contributed by atoms with Gasteiger partial charge in [0.15, 0.2) is 0 Å². The normalized spacial score (nSPS) is 14.8. The van der Waals surface area contributed by atoms with Crippen LogP contribution in [0, 0.1) is 5.92 Å². The van der Waals surface area contributed by atoms with E-state index in [1.165, 1.54) is 0 Å². The number of aromatic amines is 1. The average molecular weight is 547 g/mol. The molecule has 2 rings (SSSR count). The molecule has 14 nitrogen and oxygen atoms in total. The fourth-order valence-electron chi connectivity index (χ4n) is 3.84. The summed E-state index contributed by atoms with van der Waals surface area (Å²) in [6.07, 6.45) is 0.558. The van der Waals surface area contributed by atoms with Crippen molar-refractivity contribution in [2.24, 2.45) is 17.4 Å². The largest absolute Gasteiger partial charge is 0.481 e. The molecule has 0 aliphatic rings. The van der Waals surface area contributed by atoms with Gasteiger partial charge >= 0.3 is 11.9 Å². The number of carboxylic acid groups (broad SMARTS) is 2. The SMILES string of the molecule is CCC(C)C(N)C(=O)NC(CC(N)=O)C(=O)NC(Cc1c[nH]c2ccccc12)C(=O)NC(CC(=O)O)C(=O)O. The van der Waals surface area contributed by atoms with Crippen molar-refractivity contribution in [3.05, 3.63) is 36.0 Å². The monoisotopic (exact) mass is 546 g/mol. The summed E-state index contributed by atoms with van der Waals surface area (Å²) >= 11 is 0. The first kappa shape index (κ1) is 30.8. The summed E-state index contributed by atoms with van der Waals surface area (Å²) in [7, 11) is 0. The van der Waals surface area contributed by atoms with Crippen LogP contribution >= 0.6 is 0 Å². The fraction of sp³-hybridized carbons (Fsp3) is 0.440. The molecule has 0 bridgehead atoms. The molecule has 0 saturated carbocycles. The van der Waals surface area contributed by atoms with Crippen LogP contribution in [0.25, 0.3) is 10.9 Å². The van der Waals surface area contributed by atoms with Crippen molar-refractivity contribution in [3.63, 3.8) is 0 Å². The maximum atomic E-state index is 13.2.